The van der Waals surface area contributed by atoms with Gasteiger partial charge >= 0.3 is 5.97 Å². The quantitative estimate of drug-likeness (QED) is 0.821. The van der Waals surface area contributed by atoms with E-state index in [9.17, 15) is 19.1 Å². The van der Waals surface area contributed by atoms with Gasteiger partial charge in [-0.15, -0.1) is 11.3 Å². The van der Waals surface area contributed by atoms with Crippen molar-refractivity contribution in [2.45, 2.75) is 32.3 Å². The minimum absolute atomic E-state index is 0.168. The molecule has 0 fully saturated rings. The maximum absolute atomic E-state index is 12.9. The number of nitrogens with zero attached hydrogens (tertiary/aromatic N) is 1. The molecule has 0 aliphatic rings. The van der Waals surface area contributed by atoms with Crippen LogP contribution in [-0.2, 0) is 10.2 Å². The number of rotatable bonds is 6. The molecule has 2 N–H and O–H groups in total. The van der Waals surface area contributed by atoms with Gasteiger partial charge in [-0.3, -0.25) is 4.79 Å². The molecule has 1 aromatic carbocycles. The third-order valence-electron chi connectivity index (χ3n) is 3.19. The first-order valence-electron chi connectivity index (χ1n) is 7.56. The molecule has 6 nitrogen and oxygen atoms in total. The zero-order valence-corrected chi connectivity index (χ0v) is 14.9. The molecule has 1 amide bonds. The number of benzene rings is 1. The van der Waals surface area contributed by atoms with Crippen molar-refractivity contribution < 1.29 is 23.8 Å². The molecule has 0 saturated carbocycles. The van der Waals surface area contributed by atoms with Gasteiger partial charge in [-0.25, -0.2) is 14.2 Å². The molecule has 25 heavy (non-hydrogen) atoms. The third kappa shape index (κ3) is 5.25. The molecule has 1 aromatic heterocycles. The fourth-order valence-corrected chi connectivity index (χ4v) is 2.74. The number of carboxylic acid groups (broad SMARTS) is 1. The summed E-state index contributed by atoms with van der Waals surface area (Å²) >= 11 is 1.37. The molecule has 8 heteroatoms. The number of carbonyl (C=O) groups is 2. The summed E-state index contributed by atoms with van der Waals surface area (Å²) in [6.45, 7) is 5.73. The molecular weight excluding hydrogens is 347 g/mol. The molecule has 0 saturated heterocycles. The highest BCUT2D eigenvalue weighted by molar-refractivity contribution is 7.10. The zero-order valence-electron chi connectivity index (χ0n) is 14.1. The Morgan fingerprint density at radius 2 is 1.96 bits per heavy atom. The van der Waals surface area contributed by atoms with Gasteiger partial charge in [0.2, 0.25) is 6.10 Å². The van der Waals surface area contributed by atoms with Gasteiger partial charge in [-0.05, 0) is 24.3 Å². The molecular formula is C17H19FN2O4S. The Hall–Kier alpha value is -2.48. The average molecular weight is 366 g/mol. The predicted octanol–water partition coefficient (Wildman–Crippen LogP) is 2.84. The summed E-state index contributed by atoms with van der Waals surface area (Å²) in [4.78, 5) is 27.7. The Morgan fingerprint density at radius 3 is 2.48 bits per heavy atom. The summed E-state index contributed by atoms with van der Waals surface area (Å²) in [5.74, 6) is -1.96. The van der Waals surface area contributed by atoms with E-state index in [1.807, 2.05) is 20.8 Å². The Bertz CT molecular complexity index is 753. The molecule has 0 spiro atoms. The predicted molar refractivity (Wildman–Crippen MR) is 91.6 cm³/mol. The number of nitrogens with one attached hydrogen (secondary N) is 1. The molecule has 2 aromatic rings. The first-order chi connectivity index (χ1) is 11.7. The van der Waals surface area contributed by atoms with E-state index in [2.05, 4.69) is 10.3 Å². The van der Waals surface area contributed by atoms with Crippen LogP contribution in [0.2, 0.25) is 0 Å². The summed E-state index contributed by atoms with van der Waals surface area (Å²) in [6, 6.07) is 4.97. The lowest BCUT2D eigenvalue weighted by molar-refractivity contribution is -0.144. The van der Waals surface area contributed by atoms with E-state index in [0.29, 0.717) is 0 Å². The van der Waals surface area contributed by atoms with E-state index in [-0.39, 0.29) is 23.4 Å². The van der Waals surface area contributed by atoms with E-state index >= 15 is 0 Å². The monoisotopic (exact) mass is 366 g/mol. The van der Waals surface area contributed by atoms with Crippen molar-refractivity contribution in [2.75, 3.05) is 6.54 Å². The molecule has 1 unspecified atom stereocenters. The van der Waals surface area contributed by atoms with Crippen LogP contribution >= 0.6 is 11.3 Å². The van der Waals surface area contributed by atoms with Crippen LogP contribution in [-0.4, -0.2) is 34.6 Å². The second-order valence-corrected chi connectivity index (χ2v) is 7.25. The van der Waals surface area contributed by atoms with Crippen LogP contribution in [0.4, 0.5) is 4.39 Å². The van der Waals surface area contributed by atoms with Gasteiger partial charge in [0, 0.05) is 10.8 Å². The van der Waals surface area contributed by atoms with Crippen molar-refractivity contribution in [3.8, 4) is 5.75 Å². The molecule has 0 aliphatic carbocycles. The first kappa shape index (κ1) is 18.9. The summed E-state index contributed by atoms with van der Waals surface area (Å²) in [6.07, 6.45) is -1.30. The SMILES string of the molecule is CC(C)(C)c1nc(C(=O)NCC(Oc2ccc(F)cc2)C(=O)O)cs1. The van der Waals surface area contributed by atoms with Crippen LogP contribution < -0.4 is 10.1 Å². The zero-order chi connectivity index (χ0) is 18.6. The third-order valence-corrected chi connectivity index (χ3v) is 4.46. The number of carboxylic acids is 1. The lowest BCUT2D eigenvalue weighted by atomic mass is 9.98. The van der Waals surface area contributed by atoms with Gasteiger partial charge in [0.05, 0.1) is 11.6 Å². The van der Waals surface area contributed by atoms with Crippen molar-refractivity contribution in [2.24, 2.45) is 0 Å². The number of hydrogen-bond acceptors (Lipinski definition) is 5. The van der Waals surface area contributed by atoms with Crippen molar-refractivity contribution in [1.29, 1.82) is 0 Å². The van der Waals surface area contributed by atoms with Gasteiger partial charge in [-0.2, -0.15) is 0 Å². The number of thiazole rings is 1. The van der Waals surface area contributed by atoms with Crippen molar-refractivity contribution in [3.63, 3.8) is 0 Å². The smallest absolute Gasteiger partial charge is 0.346 e. The van der Waals surface area contributed by atoms with E-state index < -0.39 is 23.8 Å². The number of hydrogen-bond donors (Lipinski definition) is 2. The minimum Gasteiger partial charge on any atom is -0.478 e. The highest BCUT2D eigenvalue weighted by atomic mass is 32.1. The molecule has 2 rings (SSSR count). The second-order valence-electron chi connectivity index (χ2n) is 6.40. The summed E-state index contributed by atoms with van der Waals surface area (Å²) in [7, 11) is 0. The lowest BCUT2D eigenvalue weighted by Gasteiger charge is -2.15. The molecule has 0 radical (unpaired) electrons. The number of halogens is 1. The van der Waals surface area contributed by atoms with Gasteiger partial charge in [0.15, 0.2) is 0 Å². The average Bonchev–Trinajstić information content (AvgIpc) is 3.03. The van der Waals surface area contributed by atoms with Crippen LogP contribution in [0.5, 0.6) is 5.75 Å². The minimum atomic E-state index is -1.30. The highest BCUT2D eigenvalue weighted by Crippen LogP contribution is 2.25. The highest BCUT2D eigenvalue weighted by Gasteiger charge is 2.23. The van der Waals surface area contributed by atoms with Crippen LogP contribution in [0.25, 0.3) is 0 Å². The van der Waals surface area contributed by atoms with E-state index in [4.69, 9.17) is 4.74 Å². The van der Waals surface area contributed by atoms with Gasteiger partial charge in [0.1, 0.15) is 17.3 Å². The van der Waals surface area contributed by atoms with E-state index in [1.54, 1.807) is 5.38 Å². The summed E-state index contributed by atoms with van der Waals surface area (Å²) in [5, 5.41) is 14.2. The Labute approximate surface area is 148 Å². The maximum Gasteiger partial charge on any atom is 0.346 e. The van der Waals surface area contributed by atoms with Gasteiger partial charge in [-0.1, -0.05) is 20.8 Å². The van der Waals surface area contributed by atoms with Gasteiger partial charge < -0.3 is 15.2 Å². The largest absolute Gasteiger partial charge is 0.478 e. The number of amides is 1. The molecule has 0 aliphatic heterocycles. The Morgan fingerprint density at radius 1 is 1.32 bits per heavy atom. The first-order valence-corrected chi connectivity index (χ1v) is 8.44. The number of carbonyl (C=O) groups excluding carboxylic acids is 1. The van der Waals surface area contributed by atoms with Crippen LogP contribution in [0.1, 0.15) is 36.3 Å². The summed E-state index contributed by atoms with van der Waals surface area (Å²) < 4.78 is 18.2. The number of aliphatic carboxylic acids is 1. The Balaban J connectivity index is 1.98. The molecule has 134 valence electrons. The molecule has 0 bridgehead atoms. The Kier molecular flexibility index (Phi) is 5.73. The van der Waals surface area contributed by atoms with Gasteiger partial charge in [0.25, 0.3) is 5.91 Å². The number of ether oxygens (including phenoxy) is 1. The standard InChI is InChI=1S/C17H19FN2O4S/c1-17(2,3)16-20-12(9-25-16)14(21)19-8-13(15(22)23)24-11-6-4-10(18)5-7-11/h4-7,9,13H,8H2,1-3H3,(H,19,21)(H,22,23). The second kappa shape index (κ2) is 7.60. The molecule has 1 atom stereocenters. The fourth-order valence-electron chi connectivity index (χ4n) is 1.86. The normalized spacial score (nSPS) is 12.5. The lowest BCUT2D eigenvalue weighted by Crippen LogP contribution is -2.40. The van der Waals surface area contributed by atoms with Crippen LogP contribution in [0.3, 0.4) is 0 Å². The topological polar surface area (TPSA) is 88.5 Å². The van der Waals surface area contributed by atoms with Crippen LogP contribution in [0, 0.1) is 5.82 Å². The van der Waals surface area contributed by atoms with Crippen LogP contribution in [0.15, 0.2) is 29.6 Å². The van der Waals surface area contributed by atoms with Crippen molar-refractivity contribution >= 4 is 23.2 Å². The van der Waals surface area contributed by atoms with Crippen molar-refractivity contribution in [1.82, 2.24) is 10.3 Å². The number of aromatic nitrogens is 1. The van der Waals surface area contributed by atoms with Crippen molar-refractivity contribution in [3.05, 3.63) is 46.2 Å². The maximum atomic E-state index is 12.9. The van der Waals surface area contributed by atoms with E-state index in [0.717, 1.165) is 17.1 Å². The summed E-state index contributed by atoms with van der Waals surface area (Å²) in [5.41, 5.74) is 0.0687. The fraction of sp³-hybridized carbons (Fsp3) is 0.353. The molecule has 1 heterocycles. The van der Waals surface area contributed by atoms with E-state index in [1.165, 1.54) is 23.5 Å².